The van der Waals surface area contributed by atoms with Crippen LogP contribution in [0.5, 0.6) is 0 Å². The Bertz CT molecular complexity index is 589. The van der Waals surface area contributed by atoms with Crippen molar-refractivity contribution >= 4 is 42.4 Å². The van der Waals surface area contributed by atoms with Crippen LogP contribution in [0.4, 0.5) is 0 Å². The van der Waals surface area contributed by atoms with Crippen molar-refractivity contribution < 1.29 is 13.6 Å². The smallest absolute Gasteiger partial charge is 0.302 e. The van der Waals surface area contributed by atoms with Gasteiger partial charge in [0.25, 0.3) is 3.53 Å². The first kappa shape index (κ1) is 19.7. The zero-order chi connectivity index (χ0) is 19.3. The van der Waals surface area contributed by atoms with E-state index in [2.05, 4.69) is 0 Å². The van der Waals surface area contributed by atoms with E-state index in [1.807, 2.05) is 0 Å². The van der Waals surface area contributed by atoms with E-state index in [1.54, 1.807) is 0 Å². The Hall–Kier alpha value is 1.02. The fourth-order valence-electron chi connectivity index (χ4n) is 8.56. The van der Waals surface area contributed by atoms with Gasteiger partial charge in [-0.25, -0.2) is 0 Å². The van der Waals surface area contributed by atoms with Crippen molar-refractivity contribution in [1.29, 1.82) is 0 Å². The summed E-state index contributed by atoms with van der Waals surface area (Å²) in [6.07, 6.45) is 12.0. The van der Waals surface area contributed by atoms with Gasteiger partial charge in [-0.15, -0.1) is 0 Å². The molecule has 3 nitrogen and oxygen atoms in total. The zero-order valence-electron chi connectivity index (χ0n) is 16.2. The highest BCUT2D eigenvalue weighted by atomic mass is 35.6. The molecule has 0 heterocycles. The third-order valence-corrected chi connectivity index (χ3v) is 12.6. The molecule has 158 valence electrons. The lowest BCUT2D eigenvalue weighted by Gasteiger charge is -2.56. The first-order valence-electron chi connectivity index (χ1n) is 11.3. The minimum atomic E-state index is -3.86. The fourth-order valence-corrected chi connectivity index (χ4v) is 10.9. The van der Waals surface area contributed by atoms with E-state index in [-0.39, 0.29) is 12.2 Å². The van der Waals surface area contributed by atoms with Crippen molar-refractivity contribution in [3.05, 3.63) is 0 Å². The summed E-state index contributed by atoms with van der Waals surface area (Å²) in [4.78, 5) is 0. The molecule has 8 rings (SSSR count). The average Bonchev–Trinajstić information content (AvgIpc) is 2.59. The van der Waals surface area contributed by atoms with Gasteiger partial charge in [0.1, 0.15) is 0 Å². The van der Waals surface area contributed by atoms with E-state index >= 15 is 0 Å². The highest BCUT2D eigenvalue weighted by molar-refractivity contribution is 7.62. The number of rotatable bonds is 4. The predicted octanol–water partition coefficient (Wildman–Crippen LogP) is 7.19. The Balaban J connectivity index is 1.24. The first-order valence-corrected chi connectivity index (χ1v) is 14.0. The topological polar surface area (TPSA) is 35.5 Å². The van der Waals surface area contributed by atoms with E-state index in [1.165, 1.54) is 64.2 Å². The third-order valence-electron chi connectivity index (χ3n) is 9.11. The summed E-state index contributed by atoms with van der Waals surface area (Å²) in [6, 6.07) is 0. The van der Waals surface area contributed by atoms with Gasteiger partial charge in [0.2, 0.25) is 0 Å². The third kappa shape index (κ3) is 3.17. The molecule has 0 amide bonds. The Morgan fingerprint density at radius 1 is 0.571 bits per heavy atom. The Morgan fingerprint density at radius 2 is 0.857 bits per heavy atom. The van der Waals surface area contributed by atoms with Crippen molar-refractivity contribution in [2.45, 2.75) is 79.9 Å². The van der Waals surface area contributed by atoms with Gasteiger partial charge in [-0.1, -0.05) is 34.8 Å². The lowest BCUT2D eigenvalue weighted by atomic mass is 9.55. The van der Waals surface area contributed by atoms with Crippen LogP contribution < -0.4 is 0 Å². The molecule has 7 heteroatoms. The van der Waals surface area contributed by atoms with Crippen LogP contribution in [0, 0.1) is 47.3 Å². The molecule has 8 bridgehead atoms. The maximum Gasteiger partial charge on any atom is 0.382 e. The van der Waals surface area contributed by atoms with Crippen LogP contribution in [-0.2, 0) is 13.6 Å². The summed E-state index contributed by atoms with van der Waals surface area (Å²) in [5, 5.41) is 0. The standard InChI is InChI=1S/C21H30Cl3O3P/c22-21(23,24)28(25,26-19-15-3-11-1-12(5-15)6-16(19)4-11)27-20-17-7-13-2-14(9-17)10-18(20)8-13/h11-20H,1-10H2. The lowest BCUT2D eigenvalue weighted by Crippen LogP contribution is -2.51. The van der Waals surface area contributed by atoms with Gasteiger partial charge >= 0.3 is 7.60 Å². The lowest BCUT2D eigenvalue weighted by molar-refractivity contribution is -0.107. The number of hydrogen-bond donors (Lipinski definition) is 0. The van der Waals surface area contributed by atoms with Crippen molar-refractivity contribution in [2.75, 3.05) is 0 Å². The predicted molar refractivity (Wildman–Crippen MR) is 112 cm³/mol. The second-order valence-electron chi connectivity index (χ2n) is 11.0. The van der Waals surface area contributed by atoms with Crippen molar-refractivity contribution in [1.82, 2.24) is 0 Å². The SMILES string of the molecule is O=P(OC1C2CC3CC(C2)CC1C3)(OC1C2CC3CC(C2)CC1C3)C(Cl)(Cl)Cl. The van der Waals surface area contributed by atoms with Gasteiger partial charge < -0.3 is 9.05 Å². The highest BCUT2D eigenvalue weighted by Crippen LogP contribution is 2.72. The van der Waals surface area contributed by atoms with Gasteiger partial charge in [-0.2, -0.15) is 0 Å². The molecular weight excluding hydrogens is 438 g/mol. The van der Waals surface area contributed by atoms with E-state index in [0.717, 1.165) is 23.7 Å². The van der Waals surface area contributed by atoms with Crippen LogP contribution in [0.2, 0.25) is 0 Å². The van der Waals surface area contributed by atoms with Gasteiger partial charge in [0.05, 0.1) is 12.2 Å². The molecule has 0 aromatic carbocycles. The Morgan fingerprint density at radius 3 is 1.11 bits per heavy atom. The van der Waals surface area contributed by atoms with E-state index < -0.39 is 11.1 Å². The second-order valence-corrected chi connectivity index (χ2v) is 16.1. The normalized spacial score (nSPS) is 53.5. The van der Waals surface area contributed by atoms with Crippen LogP contribution in [0.3, 0.4) is 0 Å². The molecule has 8 saturated carbocycles. The maximum absolute atomic E-state index is 14.0. The summed E-state index contributed by atoms with van der Waals surface area (Å²) in [5.41, 5.74) is 0. The van der Waals surface area contributed by atoms with Crippen LogP contribution in [-0.4, -0.2) is 15.7 Å². The largest absolute Gasteiger partial charge is 0.382 e. The second kappa shape index (κ2) is 6.76. The molecule has 8 aliphatic rings. The maximum atomic E-state index is 14.0. The van der Waals surface area contributed by atoms with Crippen LogP contribution in [0.15, 0.2) is 0 Å². The molecule has 0 radical (unpaired) electrons. The molecule has 0 aliphatic heterocycles. The monoisotopic (exact) mass is 466 g/mol. The molecule has 8 fully saturated rings. The molecule has 0 aromatic rings. The minimum absolute atomic E-state index is 0.0638. The number of halogens is 3. The molecule has 0 spiro atoms. The van der Waals surface area contributed by atoms with E-state index in [0.29, 0.717) is 23.7 Å². The summed E-state index contributed by atoms with van der Waals surface area (Å²) in [6.45, 7) is 0. The first-order chi connectivity index (χ1) is 13.3. The van der Waals surface area contributed by atoms with E-state index in [4.69, 9.17) is 43.9 Å². The van der Waals surface area contributed by atoms with Crippen LogP contribution in [0.25, 0.3) is 0 Å². The van der Waals surface area contributed by atoms with Crippen molar-refractivity contribution in [2.24, 2.45) is 47.3 Å². The number of hydrogen-bond acceptors (Lipinski definition) is 3. The van der Waals surface area contributed by atoms with Crippen molar-refractivity contribution in [3.8, 4) is 0 Å². The molecule has 0 atom stereocenters. The molecule has 0 unspecified atom stereocenters. The zero-order valence-corrected chi connectivity index (χ0v) is 19.3. The molecule has 0 aromatic heterocycles. The van der Waals surface area contributed by atoms with E-state index in [9.17, 15) is 4.57 Å². The minimum Gasteiger partial charge on any atom is -0.302 e. The molecule has 0 saturated heterocycles. The van der Waals surface area contributed by atoms with Gasteiger partial charge in [-0.3, -0.25) is 4.57 Å². The molecular formula is C21H30Cl3O3P. The highest BCUT2D eigenvalue weighted by Gasteiger charge is 2.59. The quantitative estimate of drug-likeness (QED) is 0.324. The molecule has 8 aliphatic carbocycles. The van der Waals surface area contributed by atoms with Gasteiger partial charge in [0, 0.05) is 0 Å². The van der Waals surface area contributed by atoms with Crippen molar-refractivity contribution in [3.63, 3.8) is 0 Å². The van der Waals surface area contributed by atoms with Gasteiger partial charge in [-0.05, 0) is 112 Å². The number of alkyl halides is 3. The Kier molecular flexibility index (Phi) is 4.75. The summed E-state index contributed by atoms with van der Waals surface area (Å²) in [7, 11) is -3.86. The Labute approximate surface area is 183 Å². The van der Waals surface area contributed by atoms with Gasteiger partial charge in [0.15, 0.2) is 0 Å². The summed E-state index contributed by atoms with van der Waals surface area (Å²) >= 11 is 18.9. The fraction of sp³-hybridized carbons (Fsp3) is 1.00. The summed E-state index contributed by atoms with van der Waals surface area (Å²) < 4.78 is 24.6. The molecule has 0 N–H and O–H groups in total. The molecule has 28 heavy (non-hydrogen) atoms. The summed E-state index contributed by atoms with van der Waals surface area (Å²) in [5.74, 6) is 5.11. The average molecular weight is 468 g/mol. The van der Waals surface area contributed by atoms with Crippen LogP contribution >= 0.6 is 42.4 Å². The van der Waals surface area contributed by atoms with Crippen LogP contribution in [0.1, 0.15) is 64.2 Å².